The van der Waals surface area contributed by atoms with Crippen LogP contribution in [0.15, 0.2) is 30.6 Å². The number of nitrogens with two attached hydrogens (primary N) is 1. The Balaban J connectivity index is 1.18. The van der Waals surface area contributed by atoms with E-state index in [1.54, 1.807) is 31.2 Å². The van der Waals surface area contributed by atoms with Crippen molar-refractivity contribution in [1.82, 2.24) is 30.0 Å². The number of nitriles is 1. The van der Waals surface area contributed by atoms with E-state index in [4.69, 9.17) is 11.0 Å². The van der Waals surface area contributed by atoms with E-state index in [2.05, 4.69) is 26.0 Å². The number of nitrogens with zero attached hydrogens (tertiary/aromatic N) is 5. The third-order valence-corrected chi connectivity index (χ3v) is 8.41. The minimum absolute atomic E-state index is 0.000576. The Morgan fingerprint density at radius 3 is 2.36 bits per heavy atom. The number of benzene rings is 1. The number of nitrogens with one attached hydrogen (secondary N) is 3. The Morgan fingerprint density at radius 1 is 1.09 bits per heavy atom. The molecule has 12 nitrogen and oxygen atoms in total. The van der Waals surface area contributed by atoms with E-state index in [9.17, 15) is 27.6 Å². The van der Waals surface area contributed by atoms with Gasteiger partial charge < -0.3 is 26.3 Å². The summed E-state index contributed by atoms with van der Waals surface area (Å²) in [5.74, 6) is -0.980. The molecule has 2 fully saturated rings. The normalized spacial score (nSPS) is 21.4. The lowest BCUT2D eigenvalue weighted by atomic mass is 9.80. The van der Waals surface area contributed by atoms with Crippen molar-refractivity contribution in [2.75, 3.05) is 5.32 Å². The first-order chi connectivity index (χ1) is 21.3. The second-order valence-corrected chi connectivity index (χ2v) is 11.7. The monoisotopic (exact) mass is 625 g/mol. The van der Waals surface area contributed by atoms with Crippen LogP contribution in [0.4, 0.5) is 18.9 Å². The van der Waals surface area contributed by atoms with Gasteiger partial charge in [0.1, 0.15) is 6.54 Å². The predicted octanol–water partition coefficient (Wildman–Crippen LogP) is 3.28. The highest BCUT2D eigenvalue weighted by atomic mass is 19.4. The number of rotatable bonds is 8. The number of aromatic nitrogens is 4. The standard InChI is InChI=1S/C30H34F3N9O3/c1-16-11-21(7-8-22(16)28(44)38-20-5-3-19(4-6-20)37-27(43)17-12-18(35)13-17)39-29(45)26-36-14-24(41(26)2)23-15-42(10-9-34)40-25(23)30(31,32)33/h7-8,11,14-15,17-20H,3-6,10,12-13,35H2,1-2H3,(H,37,43)(H,38,44)(H,39,45). The van der Waals surface area contributed by atoms with Crippen LogP contribution in [0.1, 0.15) is 70.8 Å². The van der Waals surface area contributed by atoms with Gasteiger partial charge in [-0.15, -0.1) is 0 Å². The van der Waals surface area contributed by atoms with E-state index in [0.29, 0.717) is 16.8 Å². The number of amides is 3. The SMILES string of the molecule is Cc1cc(NC(=O)c2ncc(-c3cn(CC#N)nc3C(F)(F)F)n2C)ccc1C(=O)NC1CCC(NC(=O)C2CC(N)C2)CC1. The minimum atomic E-state index is -4.78. The van der Waals surface area contributed by atoms with Crippen LogP contribution in [0.25, 0.3) is 11.3 Å². The molecule has 2 heterocycles. The highest BCUT2D eigenvalue weighted by Gasteiger charge is 2.39. The number of anilines is 1. The number of hydrogen-bond acceptors (Lipinski definition) is 7. The molecule has 15 heteroatoms. The molecule has 0 atom stereocenters. The van der Waals surface area contributed by atoms with Crippen LogP contribution in [0.3, 0.4) is 0 Å². The molecule has 2 saturated carbocycles. The summed E-state index contributed by atoms with van der Waals surface area (Å²) in [4.78, 5) is 42.4. The van der Waals surface area contributed by atoms with Crippen molar-refractivity contribution < 1.29 is 27.6 Å². The van der Waals surface area contributed by atoms with Gasteiger partial charge in [-0.3, -0.25) is 19.1 Å². The molecule has 1 aromatic carbocycles. The van der Waals surface area contributed by atoms with Crippen molar-refractivity contribution in [3.8, 4) is 17.3 Å². The maximum Gasteiger partial charge on any atom is 0.435 e. The molecule has 0 radical (unpaired) electrons. The second kappa shape index (κ2) is 12.7. The summed E-state index contributed by atoms with van der Waals surface area (Å²) in [5, 5.41) is 21.2. The number of hydrogen-bond donors (Lipinski definition) is 4. The second-order valence-electron chi connectivity index (χ2n) is 11.7. The van der Waals surface area contributed by atoms with Crippen molar-refractivity contribution in [1.29, 1.82) is 5.26 Å². The Labute approximate surface area is 257 Å². The fourth-order valence-corrected chi connectivity index (χ4v) is 5.87. The Kier molecular flexibility index (Phi) is 8.96. The van der Waals surface area contributed by atoms with Gasteiger partial charge in [-0.2, -0.15) is 23.5 Å². The Morgan fingerprint density at radius 2 is 1.76 bits per heavy atom. The van der Waals surface area contributed by atoms with Crippen molar-refractivity contribution in [3.05, 3.63) is 53.2 Å². The predicted molar refractivity (Wildman–Crippen MR) is 157 cm³/mol. The number of imidazole rings is 1. The summed E-state index contributed by atoms with van der Waals surface area (Å²) in [6.45, 7) is 1.36. The van der Waals surface area contributed by atoms with Gasteiger partial charge in [0.25, 0.3) is 11.8 Å². The van der Waals surface area contributed by atoms with Crippen LogP contribution in [-0.4, -0.2) is 55.2 Å². The fraction of sp³-hybridized carbons (Fsp3) is 0.467. The zero-order chi connectivity index (χ0) is 32.5. The van der Waals surface area contributed by atoms with Crippen LogP contribution in [-0.2, 0) is 24.6 Å². The van der Waals surface area contributed by atoms with Crippen LogP contribution >= 0.6 is 0 Å². The number of alkyl halides is 3. The van der Waals surface area contributed by atoms with Gasteiger partial charge >= 0.3 is 6.18 Å². The summed E-state index contributed by atoms with van der Waals surface area (Å²) in [6, 6.07) is 6.72. The highest BCUT2D eigenvalue weighted by Crippen LogP contribution is 2.36. The quantitative estimate of drug-likeness (QED) is 0.297. The Hall–Kier alpha value is -4.71. The number of halogens is 3. The molecule has 2 aliphatic rings. The molecular weight excluding hydrogens is 591 g/mol. The van der Waals surface area contributed by atoms with E-state index >= 15 is 0 Å². The summed E-state index contributed by atoms with van der Waals surface area (Å²) < 4.78 is 43.0. The minimum Gasteiger partial charge on any atom is -0.353 e. The van der Waals surface area contributed by atoms with Gasteiger partial charge in [0.05, 0.1) is 23.5 Å². The smallest absolute Gasteiger partial charge is 0.353 e. The first-order valence-electron chi connectivity index (χ1n) is 14.7. The topological polar surface area (TPSA) is 173 Å². The molecule has 5 rings (SSSR count). The third kappa shape index (κ3) is 7.01. The lowest BCUT2D eigenvalue weighted by Crippen LogP contribution is -2.49. The fourth-order valence-electron chi connectivity index (χ4n) is 5.87. The number of aryl methyl sites for hydroxylation is 1. The maximum atomic E-state index is 13.6. The van der Waals surface area contributed by atoms with Crippen molar-refractivity contribution in [3.63, 3.8) is 0 Å². The van der Waals surface area contributed by atoms with Crippen LogP contribution in [0.5, 0.6) is 0 Å². The molecule has 2 aliphatic carbocycles. The maximum absolute atomic E-state index is 13.6. The molecule has 238 valence electrons. The van der Waals surface area contributed by atoms with E-state index in [-0.39, 0.29) is 59.5 Å². The Bertz CT molecular complexity index is 1640. The summed E-state index contributed by atoms with van der Waals surface area (Å²) in [5.41, 5.74) is 5.72. The zero-order valence-corrected chi connectivity index (χ0v) is 24.8. The largest absolute Gasteiger partial charge is 0.435 e. The van der Waals surface area contributed by atoms with Gasteiger partial charge in [-0.05, 0) is 69.2 Å². The molecule has 5 N–H and O–H groups in total. The molecule has 0 bridgehead atoms. The van der Waals surface area contributed by atoms with Crippen molar-refractivity contribution >= 4 is 23.4 Å². The lowest BCUT2D eigenvalue weighted by Gasteiger charge is -2.34. The van der Waals surface area contributed by atoms with Gasteiger partial charge in [-0.25, -0.2) is 4.98 Å². The molecular formula is C30H34F3N9O3. The molecule has 3 aromatic rings. The zero-order valence-electron chi connectivity index (χ0n) is 24.8. The van der Waals surface area contributed by atoms with E-state index in [1.807, 2.05) is 0 Å². The van der Waals surface area contributed by atoms with Crippen molar-refractivity contribution in [2.45, 2.75) is 76.3 Å². The molecule has 3 amide bonds. The van der Waals surface area contributed by atoms with Gasteiger partial charge in [0.15, 0.2) is 11.5 Å². The first kappa shape index (κ1) is 31.7. The number of carbonyl (C=O) groups excluding carboxylic acids is 3. The highest BCUT2D eigenvalue weighted by molar-refractivity contribution is 6.03. The van der Waals surface area contributed by atoms with Crippen LogP contribution in [0, 0.1) is 24.2 Å². The van der Waals surface area contributed by atoms with E-state index < -0.39 is 17.8 Å². The van der Waals surface area contributed by atoms with Gasteiger partial charge in [0.2, 0.25) is 5.91 Å². The first-order valence-corrected chi connectivity index (χ1v) is 14.7. The molecule has 0 saturated heterocycles. The average Bonchev–Trinajstić information content (AvgIpc) is 3.56. The third-order valence-electron chi connectivity index (χ3n) is 8.41. The van der Waals surface area contributed by atoms with Gasteiger partial charge in [-0.1, -0.05) is 0 Å². The lowest BCUT2D eigenvalue weighted by molar-refractivity contribution is -0.141. The van der Waals surface area contributed by atoms with Crippen LogP contribution < -0.4 is 21.7 Å². The summed E-state index contributed by atoms with van der Waals surface area (Å²) in [6.07, 6.45) is 1.93. The summed E-state index contributed by atoms with van der Waals surface area (Å²) in [7, 11) is 1.41. The summed E-state index contributed by atoms with van der Waals surface area (Å²) >= 11 is 0. The van der Waals surface area contributed by atoms with Crippen molar-refractivity contribution in [2.24, 2.45) is 18.7 Å². The van der Waals surface area contributed by atoms with Gasteiger partial charge in [0, 0.05) is 48.5 Å². The molecule has 0 spiro atoms. The molecule has 45 heavy (non-hydrogen) atoms. The number of carbonyl (C=O) groups is 3. The van der Waals surface area contributed by atoms with E-state index in [1.165, 1.54) is 11.6 Å². The average molecular weight is 626 g/mol. The van der Waals surface area contributed by atoms with Crippen LogP contribution in [0.2, 0.25) is 0 Å². The molecule has 0 aliphatic heterocycles. The molecule has 2 aromatic heterocycles. The van der Waals surface area contributed by atoms with E-state index in [0.717, 1.165) is 55.6 Å². The molecule has 0 unspecified atom stereocenters.